The fourth-order valence-corrected chi connectivity index (χ4v) is 3.04. The zero-order valence-corrected chi connectivity index (χ0v) is 15.8. The van der Waals surface area contributed by atoms with Crippen LogP contribution in [-0.2, 0) is 9.59 Å². The van der Waals surface area contributed by atoms with Gasteiger partial charge in [-0.15, -0.1) is 0 Å². The van der Waals surface area contributed by atoms with Crippen molar-refractivity contribution in [2.45, 2.75) is 12.8 Å². The molecule has 158 valence electrons. The first kappa shape index (κ1) is 21.2. The third kappa shape index (κ3) is 4.27. The SMILES string of the molecule is O=C(CN(C(=O)c1ccccc1[N+](=O)[O-])N1C(=O)CCC1=O)c1cccc([N+](=O)[O-])c1. The maximum absolute atomic E-state index is 13.1. The van der Waals surface area contributed by atoms with Crippen molar-refractivity contribution >= 4 is 34.9 Å². The normalized spacial score (nSPS) is 13.2. The lowest BCUT2D eigenvalue weighted by Gasteiger charge is -2.29. The molecule has 0 saturated carbocycles. The van der Waals surface area contributed by atoms with Crippen molar-refractivity contribution in [3.05, 3.63) is 79.9 Å². The number of nitrogens with zero attached hydrogens (tertiary/aromatic N) is 4. The number of carbonyl (C=O) groups is 4. The molecule has 0 bridgehead atoms. The molecule has 3 rings (SSSR count). The molecule has 31 heavy (non-hydrogen) atoms. The zero-order valence-electron chi connectivity index (χ0n) is 15.8. The summed E-state index contributed by atoms with van der Waals surface area (Å²) < 4.78 is 0. The summed E-state index contributed by atoms with van der Waals surface area (Å²) in [6.07, 6.45) is -0.380. The summed E-state index contributed by atoms with van der Waals surface area (Å²) in [5.41, 5.74) is -1.49. The van der Waals surface area contributed by atoms with Crippen LogP contribution in [0.4, 0.5) is 11.4 Å². The van der Waals surface area contributed by atoms with E-state index < -0.39 is 51.1 Å². The molecular weight excluding hydrogens is 412 g/mol. The number of hydrazine groups is 1. The first-order chi connectivity index (χ1) is 14.7. The molecule has 0 spiro atoms. The number of carbonyl (C=O) groups excluding carboxylic acids is 4. The molecule has 2 aromatic carbocycles. The van der Waals surface area contributed by atoms with Crippen LogP contribution in [0.25, 0.3) is 0 Å². The Bertz CT molecular complexity index is 1110. The summed E-state index contributed by atoms with van der Waals surface area (Å²) in [6.45, 7) is -0.830. The number of hydrogen-bond donors (Lipinski definition) is 0. The largest absolute Gasteiger partial charge is 0.292 e. The molecule has 0 N–H and O–H groups in total. The minimum atomic E-state index is -1.10. The van der Waals surface area contributed by atoms with Crippen LogP contribution >= 0.6 is 0 Å². The van der Waals surface area contributed by atoms with E-state index in [2.05, 4.69) is 0 Å². The molecule has 0 unspecified atom stereocenters. The van der Waals surface area contributed by atoms with Crippen molar-refractivity contribution < 1.29 is 29.0 Å². The van der Waals surface area contributed by atoms with Crippen LogP contribution in [0.1, 0.15) is 33.6 Å². The molecule has 12 nitrogen and oxygen atoms in total. The van der Waals surface area contributed by atoms with Gasteiger partial charge in [-0.25, -0.2) is 5.01 Å². The van der Waals surface area contributed by atoms with Crippen molar-refractivity contribution in [1.82, 2.24) is 10.0 Å². The quantitative estimate of drug-likeness (QED) is 0.281. The minimum Gasteiger partial charge on any atom is -0.292 e. The van der Waals surface area contributed by atoms with E-state index in [0.29, 0.717) is 10.0 Å². The molecule has 0 aliphatic carbocycles. The Morgan fingerprint density at radius 3 is 2.19 bits per heavy atom. The highest BCUT2D eigenvalue weighted by Crippen LogP contribution is 2.24. The van der Waals surface area contributed by atoms with Gasteiger partial charge in [0.25, 0.3) is 17.3 Å². The monoisotopic (exact) mass is 426 g/mol. The van der Waals surface area contributed by atoms with E-state index in [9.17, 15) is 39.4 Å². The van der Waals surface area contributed by atoms with E-state index in [1.807, 2.05) is 0 Å². The number of rotatable bonds is 7. The number of para-hydroxylation sites is 1. The Labute approximate surface area is 173 Å². The summed E-state index contributed by atoms with van der Waals surface area (Å²) >= 11 is 0. The third-order valence-corrected chi connectivity index (χ3v) is 4.50. The highest BCUT2D eigenvalue weighted by atomic mass is 16.6. The molecular formula is C19H14N4O8. The van der Waals surface area contributed by atoms with E-state index in [0.717, 1.165) is 18.2 Å². The highest BCUT2D eigenvalue weighted by molar-refractivity contribution is 6.08. The molecule has 1 aliphatic heterocycles. The van der Waals surface area contributed by atoms with Gasteiger partial charge < -0.3 is 0 Å². The molecule has 1 saturated heterocycles. The van der Waals surface area contributed by atoms with Gasteiger partial charge in [-0.2, -0.15) is 5.01 Å². The molecule has 12 heteroatoms. The molecule has 0 aromatic heterocycles. The molecule has 1 fully saturated rings. The number of Topliss-reactive ketones (excluding diaryl/α,β-unsaturated/α-hetero) is 1. The Balaban J connectivity index is 2.01. The van der Waals surface area contributed by atoms with Gasteiger partial charge in [0.15, 0.2) is 5.78 Å². The van der Waals surface area contributed by atoms with Crippen molar-refractivity contribution in [2.75, 3.05) is 6.54 Å². The number of nitro benzene ring substituents is 2. The van der Waals surface area contributed by atoms with Gasteiger partial charge in [0.1, 0.15) is 12.1 Å². The number of nitro groups is 2. The third-order valence-electron chi connectivity index (χ3n) is 4.50. The van der Waals surface area contributed by atoms with Crippen molar-refractivity contribution in [3.8, 4) is 0 Å². The Kier molecular flexibility index (Phi) is 5.81. The number of benzene rings is 2. The highest BCUT2D eigenvalue weighted by Gasteiger charge is 2.39. The van der Waals surface area contributed by atoms with Gasteiger partial charge in [-0.1, -0.05) is 24.3 Å². The van der Waals surface area contributed by atoms with E-state index in [4.69, 9.17) is 0 Å². The van der Waals surface area contributed by atoms with Crippen LogP contribution in [-0.4, -0.2) is 49.9 Å². The van der Waals surface area contributed by atoms with Gasteiger partial charge in [-0.05, 0) is 6.07 Å². The van der Waals surface area contributed by atoms with Gasteiger partial charge in [0, 0.05) is 36.6 Å². The molecule has 1 heterocycles. The topological polar surface area (TPSA) is 161 Å². The first-order valence-electron chi connectivity index (χ1n) is 8.89. The summed E-state index contributed by atoms with van der Waals surface area (Å²) in [4.78, 5) is 71.0. The molecule has 0 atom stereocenters. The molecule has 0 radical (unpaired) electrons. The summed E-state index contributed by atoms with van der Waals surface area (Å²) in [6, 6.07) is 9.60. The Morgan fingerprint density at radius 1 is 0.935 bits per heavy atom. The van der Waals surface area contributed by atoms with Crippen molar-refractivity contribution in [1.29, 1.82) is 0 Å². The predicted octanol–water partition coefficient (Wildman–Crippen LogP) is 1.89. The van der Waals surface area contributed by atoms with Gasteiger partial charge >= 0.3 is 0 Å². The maximum Gasteiger partial charge on any atom is 0.282 e. The zero-order chi connectivity index (χ0) is 22.7. The van der Waals surface area contributed by atoms with Crippen LogP contribution in [0.5, 0.6) is 0 Å². The number of ketones is 1. The summed E-state index contributed by atoms with van der Waals surface area (Å²) in [7, 11) is 0. The van der Waals surface area contributed by atoms with Crippen LogP contribution in [0.15, 0.2) is 48.5 Å². The Hall–Kier alpha value is -4.48. The van der Waals surface area contributed by atoms with Gasteiger partial charge in [0.2, 0.25) is 11.8 Å². The van der Waals surface area contributed by atoms with E-state index in [1.54, 1.807) is 0 Å². The number of hydrogen-bond acceptors (Lipinski definition) is 8. The van der Waals surface area contributed by atoms with Crippen LogP contribution in [0.2, 0.25) is 0 Å². The second kappa shape index (κ2) is 8.49. The van der Waals surface area contributed by atoms with E-state index in [1.165, 1.54) is 30.3 Å². The Morgan fingerprint density at radius 2 is 1.58 bits per heavy atom. The van der Waals surface area contributed by atoms with Crippen LogP contribution in [0.3, 0.4) is 0 Å². The first-order valence-corrected chi connectivity index (χ1v) is 8.89. The van der Waals surface area contributed by atoms with Gasteiger partial charge in [-0.3, -0.25) is 39.4 Å². The molecule has 2 aromatic rings. The second-order valence-electron chi connectivity index (χ2n) is 6.47. The maximum atomic E-state index is 13.1. The summed E-state index contributed by atoms with van der Waals surface area (Å²) in [5.74, 6) is -3.40. The standard InChI is InChI=1S/C19H14N4O8/c24-16(12-4-3-5-13(10-12)22(28)29)11-20(21-17(25)8-9-18(21)26)19(27)14-6-1-2-7-15(14)23(30)31/h1-7,10H,8-9,11H2. The van der Waals surface area contributed by atoms with Crippen molar-refractivity contribution in [2.24, 2.45) is 0 Å². The smallest absolute Gasteiger partial charge is 0.282 e. The fourth-order valence-electron chi connectivity index (χ4n) is 3.04. The molecule has 1 aliphatic rings. The minimum absolute atomic E-state index is 0.131. The number of non-ortho nitro benzene ring substituents is 1. The lowest BCUT2D eigenvalue weighted by Crippen LogP contribution is -2.51. The fraction of sp³-hybridized carbons (Fsp3) is 0.158. The predicted molar refractivity (Wildman–Crippen MR) is 103 cm³/mol. The average molecular weight is 426 g/mol. The van der Waals surface area contributed by atoms with E-state index >= 15 is 0 Å². The van der Waals surface area contributed by atoms with Crippen LogP contribution in [0, 0.1) is 20.2 Å². The second-order valence-corrected chi connectivity index (χ2v) is 6.47. The number of imide groups is 1. The lowest BCUT2D eigenvalue weighted by atomic mass is 10.1. The van der Waals surface area contributed by atoms with Gasteiger partial charge in [0.05, 0.1) is 9.85 Å². The van der Waals surface area contributed by atoms with Crippen molar-refractivity contribution in [3.63, 3.8) is 0 Å². The molecule has 3 amide bonds. The van der Waals surface area contributed by atoms with E-state index in [-0.39, 0.29) is 24.1 Å². The summed E-state index contributed by atoms with van der Waals surface area (Å²) in [5, 5.41) is 23.3. The number of amides is 3. The lowest BCUT2D eigenvalue weighted by molar-refractivity contribution is -0.385. The van der Waals surface area contributed by atoms with Crippen LogP contribution < -0.4 is 0 Å². The average Bonchev–Trinajstić information content (AvgIpc) is 3.09.